The summed E-state index contributed by atoms with van der Waals surface area (Å²) in [5.74, 6) is 1.23. The van der Waals surface area contributed by atoms with E-state index in [4.69, 9.17) is 18.9 Å². The van der Waals surface area contributed by atoms with E-state index in [1.807, 2.05) is 12.1 Å². The van der Waals surface area contributed by atoms with Crippen LogP contribution in [-0.2, 0) is 11.3 Å². The van der Waals surface area contributed by atoms with Crippen molar-refractivity contribution in [3.05, 3.63) is 53.6 Å². The minimum Gasteiger partial charge on any atom is -0.454 e. The minimum absolute atomic E-state index is 0.188. The second-order valence-corrected chi connectivity index (χ2v) is 4.53. The van der Waals surface area contributed by atoms with Crippen LogP contribution in [0.25, 0.3) is 0 Å². The lowest BCUT2D eigenvalue weighted by Gasteiger charge is -2.06. The van der Waals surface area contributed by atoms with Gasteiger partial charge in [-0.15, -0.1) is 0 Å². The fourth-order valence-corrected chi connectivity index (χ4v) is 2.01. The highest BCUT2D eigenvalue weighted by Gasteiger charge is 2.15. The number of methoxy groups -OCH3 is 1. The van der Waals surface area contributed by atoms with Crippen LogP contribution >= 0.6 is 0 Å². The van der Waals surface area contributed by atoms with Gasteiger partial charge in [0.05, 0.1) is 12.2 Å². The topological polar surface area (TPSA) is 54.0 Å². The SMILES string of the molecule is COCc1ccc(C(=O)Oc2ccc3c(c2)OCO3)cc1. The number of fused-ring (bicyclic) bond motifs is 1. The zero-order valence-electron chi connectivity index (χ0n) is 11.5. The number of ether oxygens (including phenoxy) is 4. The lowest BCUT2D eigenvalue weighted by Crippen LogP contribution is -2.08. The zero-order chi connectivity index (χ0) is 14.7. The van der Waals surface area contributed by atoms with E-state index in [2.05, 4.69) is 0 Å². The van der Waals surface area contributed by atoms with E-state index in [-0.39, 0.29) is 6.79 Å². The first-order valence-electron chi connectivity index (χ1n) is 6.46. The van der Waals surface area contributed by atoms with E-state index in [1.165, 1.54) is 0 Å². The van der Waals surface area contributed by atoms with Crippen LogP contribution in [0.3, 0.4) is 0 Å². The number of hydrogen-bond donors (Lipinski definition) is 0. The van der Waals surface area contributed by atoms with E-state index in [9.17, 15) is 4.79 Å². The molecule has 0 radical (unpaired) electrons. The van der Waals surface area contributed by atoms with Crippen molar-refractivity contribution in [3.8, 4) is 17.2 Å². The third-order valence-electron chi connectivity index (χ3n) is 3.06. The van der Waals surface area contributed by atoms with Crippen molar-refractivity contribution in [2.45, 2.75) is 6.61 Å². The van der Waals surface area contributed by atoms with Crippen molar-refractivity contribution < 1.29 is 23.7 Å². The van der Waals surface area contributed by atoms with Crippen molar-refractivity contribution in [1.29, 1.82) is 0 Å². The first-order valence-corrected chi connectivity index (χ1v) is 6.46. The van der Waals surface area contributed by atoms with Gasteiger partial charge >= 0.3 is 5.97 Å². The monoisotopic (exact) mass is 286 g/mol. The Morgan fingerprint density at radius 3 is 2.62 bits per heavy atom. The van der Waals surface area contributed by atoms with Crippen LogP contribution in [0.4, 0.5) is 0 Å². The van der Waals surface area contributed by atoms with Crippen molar-refractivity contribution in [2.24, 2.45) is 0 Å². The summed E-state index contributed by atoms with van der Waals surface area (Å²) in [7, 11) is 1.63. The van der Waals surface area contributed by atoms with E-state index >= 15 is 0 Å². The first-order chi connectivity index (χ1) is 10.3. The summed E-state index contributed by atoms with van der Waals surface area (Å²) in [6, 6.07) is 12.1. The Kier molecular flexibility index (Phi) is 3.75. The molecular weight excluding hydrogens is 272 g/mol. The van der Waals surface area contributed by atoms with Crippen LogP contribution in [0.1, 0.15) is 15.9 Å². The van der Waals surface area contributed by atoms with Crippen LogP contribution in [-0.4, -0.2) is 19.9 Å². The normalized spacial score (nSPS) is 12.2. The fraction of sp³-hybridized carbons (Fsp3) is 0.188. The van der Waals surface area contributed by atoms with E-state index < -0.39 is 5.97 Å². The molecule has 0 bridgehead atoms. The maximum Gasteiger partial charge on any atom is 0.343 e. The number of benzene rings is 2. The molecule has 0 atom stereocenters. The summed E-state index contributed by atoms with van der Waals surface area (Å²) in [6.07, 6.45) is 0. The van der Waals surface area contributed by atoms with Gasteiger partial charge in [-0.25, -0.2) is 4.79 Å². The Morgan fingerprint density at radius 2 is 1.86 bits per heavy atom. The maximum absolute atomic E-state index is 12.1. The van der Waals surface area contributed by atoms with Gasteiger partial charge in [-0.1, -0.05) is 12.1 Å². The molecule has 2 aromatic rings. The summed E-state index contributed by atoms with van der Waals surface area (Å²) in [5, 5.41) is 0. The standard InChI is InChI=1S/C16H14O5/c1-18-9-11-2-4-12(5-3-11)16(17)21-13-6-7-14-15(8-13)20-10-19-14/h2-8H,9-10H2,1H3. The lowest BCUT2D eigenvalue weighted by molar-refractivity contribution is 0.0734. The van der Waals surface area contributed by atoms with Crippen molar-refractivity contribution in [2.75, 3.05) is 13.9 Å². The van der Waals surface area contributed by atoms with E-state index in [0.717, 1.165) is 5.56 Å². The van der Waals surface area contributed by atoms with Gasteiger partial charge in [0.25, 0.3) is 0 Å². The molecule has 2 aromatic carbocycles. The number of rotatable bonds is 4. The smallest absolute Gasteiger partial charge is 0.343 e. The number of carbonyl (C=O) groups is 1. The predicted octanol–water partition coefficient (Wildman–Crippen LogP) is 2.78. The quantitative estimate of drug-likeness (QED) is 0.639. The molecule has 0 unspecified atom stereocenters. The molecule has 5 heteroatoms. The highest BCUT2D eigenvalue weighted by Crippen LogP contribution is 2.35. The molecule has 21 heavy (non-hydrogen) atoms. The van der Waals surface area contributed by atoms with Gasteiger partial charge < -0.3 is 18.9 Å². The van der Waals surface area contributed by atoms with Crippen LogP contribution in [0.5, 0.6) is 17.2 Å². The molecular formula is C16H14O5. The second-order valence-electron chi connectivity index (χ2n) is 4.53. The summed E-state index contributed by atoms with van der Waals surface area (Å²) in [4.78, 5) is 12.1. The van der Waals surface area contributed by atoms with Crippen LogP contribution in [0.15, 0.2) is 42.5 Å². The molecule has 0 saturated carbocycles. The molecule has 0 aliphatic carbocycles. The number of hydrogen-bond acceptors (Lipinski definition) is 5. The van der Waals surface area contributed by atoms with Gasteiger partial charge in [0.1, 0.15) is 5.75 Å². The summed E-state index contributed by atoms with van der Waals surface area (Å²) in [5.41, 5.74) is 1.48. The molecule has 3 rings (SSSR count). The number of esters is 1. The third kappa shape index (κ3) is 2.98. The minimum atomic E-state index is -0.419. The molecule has 0 spiro atoms. The predicted molar refractivity (Wildman–Crippen MR) is 74.7 cm³/mol. The van der Waals surface area contributed by atoms with E-state index in [0.29, 0.717) is 29.4 Å². The molecule has 0 aromatic heterocycles. The maximum atomic E-state index is 12.1. The molecule has 0 N–H and O–H groups in total. The Labute approximate surface area is 122 Å². The van der Waals surface area contributed by atoms with Crippen molar-refractivity contribution >= 4 is 5.97 Å². The van der Waals surface area contributed by atoms with Crippen LogP contribution in [0, 0.1) is 0 Å². The summed E-state index contributed by atoms with van der Waals surface area (Å²) < 4.78 is 20.8. The second kappa shape index (κ2) is 5.85. The highest BCUT2D eigenvalue weighted by atomic mass is 16.7. The van der Waals surface area contributed by atoms with Gasteiger partial charge in [-0.2, -0.15) is 0 Å². The van der Waals surface area contributed by atoms with Gasteiger partial charge in [0.2, 0.25) is 6.79 Å². The van der Waals surface area contributed by atoms with Crippen molar-refractivity contribution in [3.63, 3.8) is 0 Å². The summed E-state index contributed by atoms with van der Waals surface area (Å²) in [6.45, 7) is 0.700. The zero-order valence-corrected chi connectivity index (χ0v) is 11.5. The molecule has 108 valence electrons. The average molecular weight is 286 g/mol. The average Bonchev–Trinajstić information content (AvgIpc) is 2.96. The van der Waals surface area contributed by atoms with Gasteiger partial charge in [0.15, 0.2) is 11.5 Å². The largest absolute Gasteiger partial charge is 0.454 e. The Bertz CT molecular complexity index is 648. The highest BCUT2D eigenvalue weighted by molar-refractivity contribution is 5.91. The van der Waals surface area contributed by atoms with Gasteiger partial charge in [0, 0.05) is 13.2 Å². The first kappa shape index (κ1) is 13.5. The van der Waals surface area contributed by atoms with Gasteiger partial charge in [-0.3, -0.25) is 0 Å². The lowest BCUT2D eigenvalue weighted by atomic mass is 10.1. The Hall–Kier alpha value is -2.53. The van der Waals surface area contributed by atoms with Gasteiger partial charge in [-0.05, 0) is 29.8 Å². The Morgan fingerprint density at radius 1 is 1.10 bits per heavy atom. The summed E-state index contributed by atoms with van der Waals surface area (Å²) >= 11 is 0. The molecule has 0 amide bonds. The van der Waals surface area contributed by atoms with Crippen LogP contribution < -0.4 is 14.2 Å². The third-order valence-corrected chi connectivity index (χ3v) is 3.06. The Balaban J connectivity index is 1.71. The molecule has 1 heterocycles. The molecule has 1 aliphatic rings. The van der Waals surface area contributed by atoms with Crippen molar-refractivity contribution in [1.82, 2.24) is 0 Å². The van der Waals surface area contributed by atoms with E-state index in [1.54, 1.807) is 37.4 Å². The number of carbonyl (C=O) groups excluding carboxylic acids is 1. The molecule has 5 nitrogen and oxygen atoms in total. The fourth-order valence-electron chi connectivity index (χ4n) is 2.01. The molecule has 0 fully saturated rings. The molecule has 0 saturated heterocycles. The molecule has 1 aliphatic heterocycles. The van der Waals surface area contributed by atoms with Crippen LogP contribution in [0.2, 0.25) is 0 Å².